The molecular formula is C22H20ClN3O2S. The van der Waals surface area contributed by atoms with Gasteiger partial charge in [-0.2, -0.15) is 0 Å². The summed E-state index contributed by atoms with van der Waals surface area (Å²) in [5.41, 5.74) is 2.12. The number of hydrogen-bond donors (Lipinski definition) is 1. The van der Waals surface area contributed by atoms with Crippen molar-refractivity contribution >= 4 is 44.3 Å². The second-order valence-corrected chi connectivity index (χ2v) is 9.59. The normalized spacial score (nSPS) is 16.4. The van der Waals surface area contributed by atoms with Crippen molar-refractivity contribution in [2.24, 2.45) is 0 Å². The fraction of sp³-hybridized carbons (Fsp3) is 0.318. The largest absolute Gasteiger partial charge is 0.319 e. The van der Waals surface area contributed by atoms with Crippen LogP contribution in [0.1, 0.15) is 32.1 Å². The number of fused-ring (bicyclic) bond motifs is 2. The van der Waals surface area contributed by atoms with E-state index in [1.807, 2.05) is 42.5 Å². The van der Waals surface area contributed by atoms with E-state index in [4.69, 9.17) is 11.6 Å². The molecule has 5 rings (SSSR count). The number of nitrogens with one attached hydrogen (secondary N) is 1. The van der Waals surface area contributed by atoms with Crippen LogP contribution in [0.15, 0.2) is 52.1 Å². The Balaban J connectivity index is 1.65. The summed E-state index contributed by atoms with van der Waals surface area (Å²) in [4.78, 5) is 32.9. The van der Waals surface area contributed by atoms with Gasteiger partial charge in [0.05, 0.1) is 32.5 Å². The molecule has 4 aromatic rings. The molecule has 2 aromatic heterocycles. The lowest BCUT2D eigenvalue weighted by Crippen LogP contribution is -2.33. The fourth-order valence-electron chi connectivity index (χ4n) is 4.19. The fourth-order valence-corrected chi connectivity index (χ4v) is 5.88. The summed E-state index contributed by atoms with van der Waals surface area (Å²) in [5, 5.41) is 0.609. The van der Waals surface area contributed by atoms with E-state index in [0.29, 0.717) is 34.2 Å². The van der Waals surface area contributed by atoms with Crippen LogP contribution in [0, 0.1) is 0 Å². The molecule has 2 heterocycles. The van der Waals surface area contributed by atoms with Crippen molar-refractivity contribution in [3.63, 3.8) is 0 Å². The zero-order valence-corrected chi connectivity index (χ0v) is 17.4. The third-order valence-corrected chi connectivity index (χ3v) is 7.34. The second kappa shape index (κ2) is 7.11. The van der Waals surface area contributed by atoms with Crippen molar-refractivity contribution in [1.29, 1.82) is 0 Å². The van der Waals surface area contributed by atoms with Gasteiger partial charge in [-0.15, -0.1) is 11.6 Å². The van der Waals surface area contributed by atoms with E-state index in [0.717, 1.165) is 30.4 Å². The van der Waals surface area contributed by atoms with Crippen LogP contribution in [0.25, 0.3) is 32.4 Å². The number of para-hydroxylation sites is 2. The maximum Gasteiger partial charge on any atom is 0.275 e. The van der Waals surface area contributed by atoms with Crippen molar-refractivity contribution in [2.45, 2.75) is 43.5 Å². The molecule has 0 unspecified atom stereocenters. The van der Waals surface area contributed by atoms with Crippen molar-refractivity contribution in [1.82, 2.24) is 13.9 Å². The van der Waals surface area contributed by atoms with Crippen LogP contribution in [-0.4, -0.2) is 18.8 Å². The Kier molecular flexibility index (Phi) is 4.56. The monoisotopic (exact) mass is 425 g/mol. The Labute approximate surface area is 176 Å². The molecule has 5 nitrogen and oxygen atoms in total. The van der Waals surface area contributed by atoms with Crippen LogP contribution in [-0.2, 0) is 6.54 Å². The molecule has 0 radical (unpaired) electrons. The number of benzene rings is 2. The Morgan fingerprint density at radius 2 is 1.86 bits per heavy atom. The zero-order valence-electron chi connectivity index (χ0n) is 15.8. The molecule has 148 valence electrons. The summed E-state index contributed by atoms with van der Waals surface area (Å²) in [7, 11) is 0. The molecule has 29 heavy (non-hydrogen) atoms. The lowest BCUT2D eigenvalue weighted by Gasteiger charge is -2.30. The lowest BCUT2D eigenvalue weighted by atomic mass is 9.88. The second-order valence-electron chi connectivity index (χ2n) is 7.76. The molecule has 1 saturated carbocycles. The highest BCUT2D eigenvalue weighted by atomic mass is 35.5. The predicted molar refractivity (Wildman–Crippen MR) is 119 cm³/mol. The predicted octanol–water partition coefficient (Wildman–Crippen LogP) is 4.91. The van der Waals surface area contributed by atoms with Gasteiger partial charge >= 0.3 is 0 Å². The van der Waals surface area contributed by atoms with Crippen LogP contribution in [0.2, 0.25) is 0 Å². The van der Waals surface area contributed by atoms with Crippen molar-refractivity contribution in [2.75, 3.05) is 0 Å². The minimum atomic E-state index is -0.359. The first-order chi connectivity index (χ1) is 14.0. The minimum absolute atomic E-state index is 0.0466. The molecule has 7 heteroatoms. The van der Waals surface area contributed by atoms with Gasteiger partial charge in [0.1, 0.15) is 5.69 Å². The van der Waals surface area contributed by atoms with E-state index >= 15 is 0 Å². The summed E-state index contributed by atoms with van der Waals surface area (Å²) < 4.78 is 2.53. The Morgan fingerprint density at radius 3 is 2.69 bits per heavy atom. The van der Waals surface area contributed by atoms with Gasteiger partial charge in [0, 0.05) is 5.56 Å². The highest BCUT2D eigenvalue weighted by Gasteiger charge is 2.31. The van der Waals surface area contributed by atoms with Gasteiger partial charge < -0.3 is 4.98 Å². The quantitative estimate of drug-likeness (QED) is 0.474. The van der Waals surface area contributed by atoms with E-state index in [2.05, 4.69) is 9.97 Å². The molecule has 0 spiro atoms. The van der Waals surface area contributed by atoms with Gasteiger partial charge in [-0.1, -0.05) is 55.1 Å². The topological polar surface area (TPSA) is 67.8 Å². The Morgan fingerprint density at radius 1 is 1.07 bits per heavy atom. The Hall–Kier alpha value is -2.44. The molecule has 1 aliphatic carbocycles. The third-order valence-electron chi connectivity index (χ3n) is 5.70. The maximum absolute atomic E-state index is 13.0. The first-order valence-electron chi connectivity index (χ1n) is 9.85. The smallest absolute Gasteiger partial charge is 0.275 e. The molecule has 0 saturated heterocycles. The molecule has 0 amide bonds. The van der Waals surface area contributed by atoms with Gasteiger partial charge in [0.2, 0.25) is 0 Å². The van der Waals surface area contributed by atoms with E-state index < -0.39 is 0 Å². The van der Waals surface area contributed by atoms with Gasteiger partial charge in [-0.25, -0.2) is 4.98 Å². The van der Waals surface area contributed by atoms with Crippen LogP contribution in [0.5, 0.6) is 0 Å². The first kappa shape index (κ1) is 18.6. The standard InChI is InChI=1S/C22H20ClN3O2S/c23-22(11-4-1-5-12-22)13-26-21(28)15-8-6-7-14(19(15)29-26)18-20(27)25-17-10-3-2-9-16(17)24-18/h2-3,6-10H,1,4-5,11-13H2,(H,25,27). The summed E-state index contributed by atoms with van der Waals surface area (Å²) in [6, 6.07) is 12.9. The number of aromatic amines is 1. The minimum Gasteiger partial charge on any atom is -0.319 e. The third kappa shape index (κ3) is 3.30. The number of nitrogens with zero attached hydrogens (tertiary/aromatic N) is 2. The number of aromatic nitrogens is 3. The molecule has 0 bridgehead atoms. The van der Waals surface area contributed by atoms with Crippen molar-refractivity contribution in [3.8, 4) is 11.3 Å². The van der Waals surface area contributed by atoms with Crippen molar-refractivity contribution in [3.05, 3.63) is 63.2 Å². The van der Waals surface area contributed by atoms with Gasteiger partial charge in [-0.3, -0.25) is 13.5 Å². The van der Waals surface area contributed by atoms with E-state index in [1.54, 1.807) is 3.96 Å². The average Bonchev–Trinajstić information content (AvgIpc) is 3.03. The van der Waals surface area contributed by atoms with E-state index in [9.17, 15) is 9.59 Å². The summed E-state index contributed by atoms with van der Waals surface area (Å²) >= 11 is 8.21. The van der Waals surface area contributed by atoms with Crippen LogP contribution in [0.3, 0.4) is 0 Å². The average molecular weight is 426 g/mol. The van der Waals surface area contributed by atoms with Crippen molar-refractivity contribution < 1.29 is 0 Å². The molecule has 0 aliphatic heterocycles. The van der Waals surface area contributed by atoms with E-state index in [1.165, 1.54) is 18.0 Å². The van der Waals surface area contributed by atoms with Crippen LogP contribution >= 0.6 is 23.1 Å². The Bertz CT molecular complexity index is 1330. The van der Waals surface area contributed by atoms with Crippen LogP contribution in [0.4, 0.5) is 0 Å². The first-order valence-corrected chi connectivity index (χ1v) is 11.0. The highest BCUT2D eigenvalue weighted by Crippen LogP contribution is 2.37. The lowest BCUT2D eigenvalue weighted by molar-refractivity contribution is 0.355. The van der Waals surface area contributed by atoms with E-state index in [-0.39, 0.29) is 16.0 Å². The summed E-state index contributed by atoms with van der Waals surface area (Å²) in [6.45, 7) is 0.508. The molecule has 1 N–H and O–H groups in total. The molecule has 2 aromatic carbocycles. The van der Waals surface area contributed by atoms with Gasteiger partial charge in [0.25, 0.3) is 11.1 Å². The van der Waals surface area contributed by atoms with Gasteiger partial charge in [-0.05, 0) is 31.0 Å². The number of alkyl halides is 1. The maximum atomic E-state index is 13.0. The molecule has 0 atom stereocenters. The number of H-pyrrole nitrogens is 1. The molecular weight excluding hydrogens is 406 g/mol. The number of hydrogen-bond acceptors (Lipinski definition) is 4. The highest BCUT2D eigenvalue weighted by molar-refractivity contribution is 7.14. The number of rotatable bonds is 3. The van der Waals surface area contributed by atoms with Crippen LogP contribution < -0.4 is 11.1 Å². The number of halogens is 1. The summed E-state index contributed by atoms with van der Waals surface area (Å²) in [5.74, 6) is 0. The SMILES string of the molecule is O=c1[nH]c2ccccc2nc1-c1cccc2c(=O)n(CC3(Cl)CCCCC3)sc12. The molecule has 1 aliphatic rings. The zero-order chi connectivity index (χ0) is 20.0. The summed E-state index contributed by atoms with van der Waals surface area (Å²) in [6.07, 6.45) is 5.26. The molecule has 1 fully saturated rings. The van der Waals surface area contributed by atoms with Gasteiger partial charge in [0.15, 0.2) is 0 Å².